The number of halogens is 1. The number of nitrogens with two attached hydrogens (primary N) is 1. The lowest BCUT2D eigenvalue weighted by molar-refractivity contribution is 0.308. The minimum atomic E-state index is 0.405. The van der Waals surface area contributed by atoms with Gasteiger partial charge < -0.3 is 10.5 Å². The van der Waals surface area contributed by atoms with Crippen LogP contribution in [0.5, 0.6) is 5.75 Å². The van der Waals surface area contributed by atoms with Gasteiger partial charge in [0.05, 0.1) is 16.9 Å². The molecule has 0 fully saturated rings. The zero-order chi connectivity index (χ0) is 11.5. The largest absolute Gasteiger partial charge is 0.485 e. The van der Waals surface area contributed by atoms with Crippen LogP contribution in [0.2, 0.25) is 5.02 Å². The van der Waals surface area contributed by atoms with Crippen molar-refractivity contribution in [1.82, 2.24) is 9.78 Å². The fraction of sp³-hybridized carbons (Fsp3) is 0.182. The monoisotopic (exact) mass is 237 g/mol. The van der Waals surface area contributed by atoms with Crippen molar-refractivity contribution in [1.29, 1.82) is 0 Å². The van der Waals surface area contributed by atoms with Crippen molar-refractivity contribution in [3.05, 3.63) is 41.2 Å². The summed E-state index contributed by atoms with van der Waals surface area (Å²) in [5.41, 5.74) is 7.27. The van der Waals surface area contributed by atoms with Gasteiger partial charge in [0.1, 0.15) is 6.61 Å². The second-order valence-corrected chi connectivity index (χ2v) is 3.88. The SMILES string of the molecule is Cn1cc(COc2c(N)cccc2Cl)cn1. The number of para-hydroxylation sites is 1. The van der Waals surface area contributed by atoms with Crippen LogP contribution in [0.3, 0.4) is 0 Å². The number of hydrogen-bond acceptors (Lipinski definition) is 3. The van der Waals surface area contributed by atoms with Crippen molar-refractivity contribution in [3.63, 3.8) is 0 Å². The molecule has 0 amide bonds. The average Bonchev–Trinajstić information content (AvgIpc) is 2.63. The Balaban J connectivity index is 2.10. The van der Waals surface area contributed by atoms with Gasteiger partial charge >= 0.3 is 0 Å². The van der Waals surface area contributed by atoms with Crippen LogP contribution in [0.1, 0.15) is 5.56 Å². The number of aryl methyl sites for hydroxylation is 1. The molecule has 0 aliphatic carbocycles. The molecule has 2 aromatic rings. The number of hydrogen-bond donors (Lipinski definition) is 1. The van der Waals surface area contributed by atoms with Crippen molar-refractivity contribution < 1.29 is 4.74 Å². The highest BCUT2D eigenvalue weighted by molar-refractivity contribution is 6.32. The van der Waals surface area contributed by atoms with Crippen LogP contribution in [-0.2, 0) is 13.7 Å². The summed E-state index contributed by atoms with van der Waals surface area (Å²) >= 11 is 5.98. The van der Waals surface area contributed by atoms with Crippen molar-refractivity contribution in [2.75, 3.05) is 5.73 Å². The number of anilines is 1. The maximum atomic E-state index is 5.98. The van der Waals surface area contributed by atoms with Crippen LogP contribution in [0.25, 0.3) is 0 Å². The highest BCUT2D eigenvalue weighted by Gasteiger charge is 2.06. The van der Waals surface area contributed by atoms with Crippen molar-refractivity contribution >= 4 is 17.3 Å². The Hall–Kier alpha value is -1.68. The van der Waals surface area contributed by atoms with Crippen LogP contribution >= 0.6 is 11.6 Å². The number of nitrogens with zero attached hydrogens (tertiary/aromatic N) is 2. The van der Waals surface area contributed by atoms with Gasteiger partial charge in [0.2, 0.25) is 0 Å². The van der Waals surface area contributed by atoms with Gasteiger partial charge in [0.15, 0.2) is 5.75 Å². The second kappa shape index (κ2) is 4.45. The summed E-state index contributed by atoms with van der Waals surface area (Å²) in [6.45, 7) is 0.405. The Morgan fingerprint density at radius 2 is 2.31 bits per heavy atom. The van der Waals surface area contributed by atoms with E-state index in [1.807, 2.05) is 13.2 Å². The van der Waals surface area contributed by atoms with Gasteiger partial charge in [0, 0.05) is 18.8 Å². The molecule has 2 rings (SSSR count). The molecule has 0 radical (unpaired) electrons. The van der Waals surface area contributed by atoms with Crippen LogP contribution in [0.4, 0.5) is 5.69 Å². The maximum Gasteiger partial charge on any atom is 0.161 e. The molecule has 5 heteroatoms. The maximum absolute atomic E-state index is 5.98. The third kappa shape index (κ3) is 2.28. The summed E-state index contributed by atoms with van der Waals surface area (Å²) in [4.78, 5) is 0. The zero-order valence-corrected chi connectivity index (χ0v) is 9.61. The Morgan fingerprint density at radius 3 is 2.94 bits per heavy atom. The summed E-state index contributed by atoms with van der Waals surface area (Å²) in [6, 6.07) is 5.29. The lowest BCUT2D eigenvalue weighted by atomic mass is 10.3. The Bertz CT molecular complexity index is 475. The highest BCUT2D eigenvalue weighted by atomic mass is 35.5. The molecular weight excluding hydrogens is 226 g/mol. The summed E-state index contributed by atoms with van der Waals surface area (Å²) in [7, 11) is 1.85. The number of aromatic nitrogens is 2. The number of rotatable bonds is 3. The van der Waals surface area contributed by atoms with Gasteiger partial charge in [-0.3, -0.25) is 4.68 Å². The van der Waals surface area contributed by atoms with Gasteiger partial charge in [-0.1, -0.05) is 17.7 Å². The van der Waals surface area contributed by atoms with Gasteiger partial charge in [0.25, 0.3) is 0 Å². The quantitative estimate of drug-likeness (QED) is 0.833. The van der Waals surface area contributed by atoms with Crippen LogP contribution in [-0.4, -0.2) is 9.78 Å². The third-order valence-corrected chi connectivity index (χ3v) is 2.44. The molecule has 0 bridgehead atoms. The molecule has 2 N–H and O–H groups in total. The summed E-state index contributed by atoms with van der Waals surface area (Å²) in [5, 5.41) is 4.56. The molecule has 0 saturated carbocycles. The predicted molar refractivity (Wildman–Crippen MR) is 63.4 cm³/mol. The molecule has 0 atom stereocenters. The summed E-state index contributed by atoms with van der Waals surface area (Å²) in [5.74, 6) is 0.521. The van der Waals surface area contributed by atoms with E-state index in [0.29, 0.717) is 23.1 Å². The Morgan fingerprint density at radius 1 is 1.50 bits per heavy atom. The Labute approximate surface area is 98.6 Å². The first-order chi connectivity index (χ1) is 7.66. The first-order valence-corrected chi connectivity index (χ1v) is 5.19. The Kier molecular flexibility index (Phi) is 3.01. The number of ether oxygens (including phenoxy) is 1. The lowest BCUT2D eigenvalue weighted by Crippen LogP contribution is -1.98. The third-order valence-electron chi connectivity index (χ3n) is 2.14. The number of benzene rings is 1. The minimum absolute atomic E-state index is 0.405. The van der Waals surface area contributed by atoms with E-state index in [4.69, 9.17) is 22.1 Å². The molecule has 0 saturated heterocycles. The van der Waals surface area contributed by atoms with E-state index >= 15 is 0 Å². The molecule has 16 heavy (non-hydrogen) atoms. The molecule has 1 heterocycles. The van der Waals surface area contributed by atoms with Crippen molar-refractivity contribution in [2.24, 2.45) is 7.05 Å². The average molecular weight is 238 g/mol. The van der Waals surface area contributed by atoms with E-state index in [1.54, 1.807) is 29.1 Å². The van der Waals surface area contributed by atoms with Crippen LogP contribution in [0.15, 0.2) is 30.6 Å². The van der Waals surface area contributed by atoms with Gasteiger partial charge in [-0.2, -0.15) is 5.10 Å². The molecule has 0 unspecified atom stereocenters. The van der Waals surface area contributed by atoms with E-state index in [2.05, 4.69) is 5.10 Å². The standard InChI is InChI=1S/C11H12ClN3O/c1-15-6-8(5-14-15)7-16-11-9(12)3-2-4-10(11)13/h2-6H,7,13H2,1H3. The van der Waals surface area contributed by atoms with Crippen molar-refractivity contribution in [2.45, 2.75) is 6.61 Å². The van der Waals surface area contributed by atoms with E-state index in [1.165, 1.54) is 0 Å². The van der Waals surface area contributed by atoms with Crippen LogP contribution < -0.4 is 10.5 Å². The smallest absolute Gasteiger partial charge is 0.161 e. The fourth-order valence-corrected chi connectivity index (χ4v) is 1.62. The van der Waals surface area contributed by atoms with E-state index in [0.717, 1.165) is 5.56 Å². The predicted octanol–water partition coefficient (Wildman–Crippen LogP) is 2.23. The molecule has 84 valence electrons. The van der Waals surface area contributed by atoms with Crippen molar-refractivity contribution in [3.8, 4) is 5.75 Å². The molecule has 1 aromatic carbocycles. The lowest BCUT2D eigenvalue weighted by Gasteiger charge is -2.09. The fourth-order valence-electron chi connectivity index (χ4n) is 1.38. The molecule has 1 aromatic heterocycles. The minimum Gasteiger partial charge on any atom is -0.485 e. The second-order valence-electron chi connectivity index (χ2n) is 3.47. The highest BCUT2D eigenvalue weighted by Crippen LogP contribution is 2.31. The molecule has 4 nitrogen and oxygen atoms in total. The normalized spacial score (nSPS) is 10.4. The van der Waals surface area contributed by atoms with Crippen LogP contribution in [0, 0.1) is 0 Å². The summed E-state index contributed by atoms with van der Waals surface area (Å²) < 4.78 is 7.27. The summed E-state index contributed by atoms with van der Waals surface area (Å²) in [6.07, 6.45) is 3.63. The van der Waals surface area contributed by atoms with E-state index in [-0.39, 0.29) is 0 Å². The van der Waals surface area contributed by atoms with E-state index < -0.39 is 0 Å². The van der Waals surface area contributed by atoms with Gasteiger partial charge in [-0.25, -0.2) is 0 Å². The molecule has 0 spiro atoms. The molecular formula is C11H12ClN3O. The molecule has 0 aliphatic rings. The van der Waals surface area contributed by atoms with Gasteiger partial charge in [-0.15, -0.1) is 0 Å². The first kappa shape index (κ1) is 10.8. The van der Waals surface area contributed by atoms with E-state index in [9.17, 15) is 0 Å². The number of nitrogen functional groups attached to an aromatic ring is 1. The topological polar surface area (TPSA) is 53.1 Å². The molecule has 0 aliphatic heterocycles. The van der Waals surface area contributed by atoms with Gasteiger partial charge in [-0.05, 0) is 12.1 Å². The zero-order valence-electron chi connectivity index (χ0n) is 8.85. The first-order valence-electron chi connectivity index (χ1n) is 4.81.